The molecular weight excluding hydrogens is 396 g/mol. The lowest BCUT2D eigenvalue weighted by Gasteiger charge is -2.01. The third-order valence-corrected chi connectivity index (χ3v) is 5.30. The number of hydrazone groups is 1. The van der Waals surface area contributed by atoms with Crippen molar-refractivity contribution in [2.45, 2.75) is 13.3 Å². The third-order valence-electron chi connectivity index (χ3n) is 4.00. The number of imidazole rings is 1. The van der Waals surface area contributed by atoms with Crippen LogP contribution in [0.4, 0.5) is 0 Å². The van der Waals surface area contributed by atoms with Crippen LogP contribution in [0.1, 0.15) is 28.0 Å². The van der Waals surface area contributed by atoms with Gasteiger partial charge in [0.1, 0.15) is 16.4 Å². The van der Waals surface area contributed by atoms with Gasteiger partial charge in [-0.05, 0) is 30.7 Å². The number of hydrogen-bond acceptors (Lipinski definition) is 6. The number of carbonyl (C=O) groups excluding carboxylic acids is 1. The van der Waals surface area contributed by atoms with Gasteiger partial charge in [-0.3, -0.25) is 9.78 Å². The number of fused-ring (bicyclic) bond motifs is 1. The molecule has 0 aliphatic carbocycles. The number of nitrogens with zero attached hydrogens (tertiary/aromatic N) is 5. The maximum absolute atomic E-state index is 12.2. The molecule has 0 fully saturated rings. The van der Waals surface area contributed by atoms with E-state index in [1.807, 2.05) is 19.1 Å². The molecule has 7 nitrogen and oxygen atoms in total. The first-order valence-corrected chi connectivity index (χ1v) is 9.73. The molecule has 1 N–H and O–H groups in total. The first-order chi connectivity index (χ1) is 13.7. The summed E-state index contributed by atoms with van der Waals surface area (Å²) in [5.41, 5.74) is 5.30. The van der Waals surface area contributed by atoms with Crippen LogP contribution in [0.3, 0.4) is 0 Å². The van der Waals surface area contributed by atoms with Crippen LogP contribution in [0, 0.1) is 0 Å². The van der Waals surface area contributed by atoms with Gasteiger partial charge >= 0.3 is 0 Å². The molecule has 0 aliphatic rings. The zero-order chi connectivity index (χ0) is 19.5. The summed E-state index contributed by atoms with van der Waals surface area (Å²) in [4.78, 5) is 21.5. The number of nitrogens with one attached hydrogen (secondary N) is 1. The Bertz CT molecular complexity index is 1150. The number of aryl methyl sites for hydroxylation is 1. The summed E-state index contributed by atoms with van der Waals surface area (Å²) in [7, 11) is 0. The summed E-state index contributed by atoms with van der Waals surface area (Å²) >= 11 is 7.52. The molecule has 0 atom stereocenters. The van der Waals surface area contributed by atoms with Crippen molar-refractivity contribution in [1.82, 2.24) is 25.0 Å². The summed E-state index contributed by atoms with van der Waals surface area (Å²) in [6, 6.07) is 10.6. The normalized spacial score (nSPS) is 11.4. The molecule has 28 heavy (non-hydrogen) atoms. The predicted molar refractivity (Wildman–Crippen MR) is 110 cm³/mol. The second-order valence-corrected chi connectivity index (χ2v) is 7.31. The Balaban J connectivity index is 1.69. The van der Waals surface area contributed by atoms with E-state index < -0.39 is 0 Å². The van der Waals surface area contributed by atoms with Crippen LogP contribution in [0.5, 0.6) is 0 Å². The molecule has 140 valence electrons. The summed E-state index contributed by atoms with van der Waals surface area (Å²) in [6.45, 7) is 2.04. The molecule has 3 aromatic heterocycles. The van der Waals surface area contributed by atoms with Gasteiger partial charge in [-0.1, -0.05) is 42.0 Å². The third kappa shape index (κ3) is 3.64. The number of hydrogen-bond donors (Lipinski definition) is 1. The van der Waals surface area contributed by atoms with Crippen molar-refractivity contribution < 1.29 is 4.79 Å². The van der Waals surface area contributed by atoms with Gasteiger partial charge in [0.25, 0.3) is 5.91 Å². The highest BCUT2D eigenvalue weighted by Crippen LogP contribution is 2.27. The van der Waals surface area contributed by atoms with Gasteiger partial charge in [0.05, 0.1) is 6.21 Å². The van der Waals surface area contributed by atoms with Crippen LogP contribution < -0.4 is 5.43 Å². The second-order valence-electron chi connectivity index (χ2n) is 5.83. The number of rotatable bonds is 5. The molecule has 0 radical (unpaired) electrons. The fourth-order valence-corrected chi connectivity index (χ4v) is 3.57. The van der Waals surface area contributed by atoms with E-state index in [1.165, 1.54) is 11.3 Å². The Morgan fingerprint density at radius 1 is 1.25 bits per heavy atom. The molecule has 1 amide bonds. The molecule has 4 aromatic rings. The highest BCUT2D eigenvalue weighted by Gasteiger charge is 2.16. The SMILES string of the molecule is CCc1nn2c(/C=N\NC(=O)c3ccncc3)c(-c3ccc(Cl)cc3)nc2s1. The number of benzene rings is 1. The second kappa shape index (κ2) is 7.87. The molecule has 0 saturated heterocycles. The molecule has 4 rings (SSSR count). The molecule has 0 spiro atoms. The Hall–Kier alpha value is -3.10. The minimum absolute atomic E-state index is 0.319. The van der Waals surface area contributed by atoms with E-state index in [0.29, 0.717) is 16.3 Å². The average molecular weight is 411 g/mol. The molecule has 3 heterocycles. The fourth-order valence-electron chi connectivity index (χ4n) is 2.60. The maximum Gasteiger partial charge on any atom is 0.271 e. The number of carbonyl (C=O) groups is 1. The van der Waals surface area contributed by atoms with Crippen LogP contribution in [-0.2, 0) is 6.42 Å². The first kappa shape index (κ1) is 18.3. The zero-order valence-corrected chi connectivity index (χ0v) is 16.4. The monoisotopic (exact) mass is 410 g/mol. The van der Waals surface area contributed by atoms with Gasteiger partial charge in [-0.2, -0.15) is 10.2 Å². The first-order valence-electron chi connectivity index (χ1n) is 8.53. The molecular formula is C19H15ClN6OS. The maximum atomic E-state index is 12.2. The summed E-state index contributed by atoms with van der Waals surface area (Å²) in [5.74, 6) is -0.319. The Morgan fingerprint density at radius 3 is 2.71 bits per heavy atom. The highest BCUT2D eigenvalue weighted by molar-refractivity contribution is 7.16. The summed E-state index contributed by atoms with van der Waals surface area (Å²) in [6.07, 6.45) is 5.49. The number of halogens is 1. The average Bonchev–Trinajstić information content (AvgIpc) is 3.27. The lowest BCUT2D eigenvalue weighted by molar-refractivity contribution is 0.0955. The van der Waals surface area contributed by atoms with Crippen LogP contribution in [0.15, 0.2) is 53.9 Å². The minimum Gasteiger partial charge on any atom is -0.267 e. The van der Waals surface area contributed by atoms with E-state index in [-0.39, 0.29) is 5.91 Å². The van der Waals surface area contributed by atoms with Crippen molar-refractivity contribution >= 4 is 40.0 Å². The largest absolute Gasteiger partial charge is 0.271 e. The van der Waals surface area contributed by atoms with Gasteiger partial charge < -0.3 is 0 Å². The van der Waals surface area contributed by atoms with Crippen molar-refractivity contribution in [1.29, 1.82) is 0 Å². The summed E-state index contributed by atoms with van der Waals surface area (Å²) < 4.78 is 1.75. The van der Waals surface area contributed by atoms with Crippen LogP contribution in [0.2, 0.25) is 5.02 Å². The Morgan fingerprint density at radius 2 is 2.00 bits per heavy atom. The van der Waals surface area contributed by atoms with E-state index in [1.54, 1.807) is 47.4 Å². The number of pyridine rings is 1. The van der Waals surface area contributed by atoms with E-state index in [9.17, 15) is 4.79 Å². The van der Waals surface area contributed by atoms with E-state index in [2.05, 4.69) is 20.6 Å². The lowest BCUT2D eigenvalue weighted by atomic mass is 10.1. The lowest BCUT2D eigenvalue weighted by Crippen LogP contribution is -2.17. The van der Waals surface area contributed by atoms with E-state index in [4.69, 9.17) is 16.6 Å². The Labute approximate surface area is 169 Å². The van der Waals surface area contributed by atoms with Crippen molar-refractivity contribution in [3.8, 4) is 11.3 Å². The van der Waals surface area contributed by atoms with Crippen LogP contribution >= 0.6 is 22.9 Å². The van der Waals surface area contributed by atoms with Crippen molar-refractivity contribution in [3.63, 3.8) is 0 Å². The quantitative estimate of drug-likeness (QED) is 0.400. The minimum atomic E-state index is -0.319. The van der Waals surface area contributed by atoms with Crippen molar-refractivity contribution in [2.75, 3.05) is 0 Å². The molecule has 0 bridgehead atoms. The van der Waals surface area contributed by atoms with Crippen LogP contribution in [-0.4, -0.2) is 31.7 Å². The van der Waals surface area contributed by atoms with Gasteiger partial charge in [0.15, 0.2) is 0 Å². The smallest absolute Gasteiger partial charge is 0.267 e. The number of amides is 1. The van der Waals surface area contributed by atoms with Crippen molar-refractivity contribution in [3.05, 3.63) is 70.1 Å². The van der Waals surface area contributed by atoms with Gasteiger partial charge in [0.2, 0.25) is 4.96 Å². The van der Waals surface area contributed by atoms with E-state index in [0.717, 1.165) is 27.6 Å². The molecule has 9 heteroatoms. The molecule has 1 aromatic carbocycles. The predicted octanol–water partition coefficient (Wildman–Crippen LogP) is 3.83. The summed E-state index contributed by atoms with van der Waals surface area (Å²) in [5, 5.41) is 10.3. The van der Waals surface area contributed by atoms with E-state index >= 15 is 0 Å². The molecule has 0 aliphatic heterocycles. The fraction of sp³-hybridized carbons (Fsp3) is 0.105. The van der Waals surface area contributed by atoms with Gasteiger partial charge in [-0.25, -0.2) is 14.9 Å². The molecule has 0 unspecified atom stereocenters. The number of aromatic nitrogens is 4. The Kier molecular flexibility index (Phi) is 5.14. The standard InChI is InChI=1S/C19H15ClN6OS/c1-2-16-25-26-15(11-22-24-18(27)13-7-9-21-10-8-13)17(23-19(26)28-16)12-3-5-14(20)6-4-12/h3-11H,2H2,1H3,(H,24,27)/b22-11-. The topological polar surface area (TPSA) is 84.5 Å². The van der Waals surface area contributed by atoms with Gasteiger partial charge in [-0.15, -0.1) is 0 Å². The van der Waals surface area contributed by atoms with Crippen molar-refractivity contribution in [2.24, 2.45) is 5.10 Å². The molecule has 0 saturated carbocycles. The highest BCUT2D eigenvalue weighted by atomic mass is 35.5. The van der Waals surface area contributed by atoms with Gasteiger partial charge in [0, 0.05) is 28.5 Å². The zero-order valence-electron chi connectivity index (χ0n) is 14.8. The van der Waals surface area contributed by atoms with Crippen LogP contribution in [0.25, 0.3) is 16.2 Å².